The second-order valence-electron chi connectivity index (χ2n) is 8.01. The van der Waals surface area contributed by atoms with Gasteiger partial charge < -0.3 is 15.3 Å². The molecule has 3 aliphatic rings. The predicted octanol–water partition coefficient (Wildman–Crippen LogP) is 2.90. The summed E-state index contributed by atoms with van der Waals surface area (Å²) < 4.78 is 0. The fourth-order valence-corrected chi connectivity index (χ4v) is 4.75. The third-order valence-electron chi connectivity index (χ3n) is 6.38. The molecule has 2 N–H and O–H groups in total. The van der Waals surface area contributed by atoms with Crippen LogP contribution in [0.15, 0.2) is 30.3 Å². The smallest absolute Gasteiger partial charge is 0.317 e. The van der Waals surface area contributed by atoms with Crippen molar-refractivity contribution < 1.29 is 14.7 Å². The summed E-state index contributed by atoms with van der Waals surface area (Å²) in [5, 5.41) is 12.9. The van der Waals surface area contributed by atoms with Gasteiger partial charge in [-0.2, -0.15) is 0 Å². The minimum atomic E-state index is -0.728. The molecule has 5 nitrogen and oxygen atoms in total. The van der Waals surface area contributed by atoms with E-state index in [1.165, 1.54) is 18.4 Å². The van der Waals surface area contributed by atoms with E-state index in [1.807, 2.05) is 18.2 Å². The zero-order chi connectivity index (χ0) is 17.4. The molecule has 1 unspecified atom stereocenters. The van der Waals surface area contributed by atoms with E-state index in [4.69, 9.17) is 0 Å². The first kappa shape index (κ1) is 16.4. The molecule has 1 heterocycles. The van der Waals surface area contributed by atoms with Crippen LogP contribution in [0.2, 0.25) is 0 Å². The lowest BCUT2D eigenvalue weighted by Crippen LogP contribution is -2.47. The number of carboxylic acid groups (broad SMARTS) is 1. The van der Waals surface area contributed by atoms with Gasteiger partial charge in [-0.25, -0.2) is 4.79 Å². The molecule has 134 valence electrons. The largest absolute Gasteiger partial charge is 0.481 e. The van der Waals surface area contributed by atoms with Crippen molar-refractivity contribution >= 4 is 12.0 Å². The van der Waals surface area contributed by atoms with Crippen LogP contribution >= 0.6 is 0 Å². The van der Waals surface area contributed by atoms with Crippen molar-refractivity contribution in [3.8, 4) is 0 Å². The van der Waals surface area contributed by atoms with Gasteiger partial charge in [0, 0.05) is 19.1 Å². The van der Waals surface area contributed by atoms with E-state index >= 15 is 0 Å². The predicted molar refractivity (Wildman–Crippen MR) is 94.2 cm³/mol. The number of nitrogens with one attached hydrogen (secondary N) is 1. The summed E-state index contributed by atoms with van der Waals surface area (Å²) in [5.41, 5.74) is 0.534. The standard InChI is InChI=1S/C20H26N2O3/c23-18(24)20-10-4-7-16(20)12-22(13-20)19(25)21-17(15-8-9-15)11-14-5-2-1-3-6-14/h1-3,5-6,15-17H,4,7-13H2,(H,21,25)(H,23,24)/t16-,17?,20+/m0/s1. The summed E-state index contributed by atoms with van der Waals surface area (Å²) in [4.78, 5) is 26.3. The number of likely N-dealkylation sites (tertiary alicyclic amines) is 1. The van der Waals surface area contributed by atoms with Crippen molar-refractivity contribution in [3.05, 3.63) is 35.9 Å². The number of carbonyl (C=O) groups is 2. The third-order valence-corrected chi connectivity index (χ3v) is 6.38. The average molecular weight is 342 g/mol. The Labute approximate surface area is 148 Å². The van der Waals surface area contributed by atoms with Crippen LogP contribution in [-0.2, 0) is 11.2 Å². The lowest BCUT2D eigenvalue weighted by molar-refractivity contribution is -0.149. The molecule has 2 aliphatic carbocycles. The maximum atomic E-state index is 12.8. The number of carbonyl (C=O) groups excluding carboxylic acids is 1. The number of hydrogen-bond acceptors (Lipinski definition) is 2. The first-order chi connectivity index (χ1) is 12.1. The monoisotopic (exact) mass is 342 g/mol. The van der Waals surface area contributed by atoms with E-state index in [1.54, 1.807) is 4.90 Å². The molecule has 3 fully saturated rings. The molecule has 5 heteroatoms. The number of fused-ring (bicyclic) bond motifs is 1. The van der Waals surface area contributed by atoms with Crippen molar-refractivity contribution in [1.29, 1.82) is 0 Å². The van der Waals surface area contributed by atoms with E-state index in [0.29, 0.717) is 25.4 Å². The number of urea groups is 1. The fourth-order valence-electron chi connectivity index (χ4n) is 4.75. The normalized spacial score (nSPS) is 29.3. The molecule has 1 saturated heterocycles. The average Bonchev–Trinajstić information content (AvgIpc) is 3.25. The van der Waals surface area contributed by atoms with E-state index in [9.17, 15) is 14.7 Å². The van der Waals surface area contributed by atoms with Crippen LogP contribution in [0.25, 0.3) is 0 Å². The summed E-state index contributed by atoms with van der Waals surface area (Å²) in [6.07, 6.45) is 5.77. The number of carboxylic acids is 1. The molecule has 1 aromatic rings. The minimum absolute atomic E-state index is 0.0807. The molecule has 4 rings (SSSR count). The summed E-state index contributed by atoms with van der Waals surface area (Å²) in [7, 11) is 0. The Morgan fingerprint density at radius 3 is 2.64 bits per heavy atom. The Morgan fingerprint density at radius 2 is 2.00 bits per heavy atom. The first-order valence-electron chi connectivity index (χ1n) is 9.41. The topological polar surface area (TPSA) is 69.6 Å². The number of amides is 2. The van der Waals surface area contributed by atoms with Crippen LogP contribution in [0.5, 0.6) is 0 Å². The molecule has 3 atom stereocenters. The van der Waals surface area contributed by atoms with Gasteiger partial charge in [0.2, 0.25) is 0 Å². The molecular formula is C20H26N2O3. The van der Waals surface area contributed by atoms with Gasteiger partial charge in [0.1, 0.15) is 0 Å². The highest BCUT2D eigenvalue weighted by atomic mass is 16.4. The molecule has 0 aromatic heterocycles. The minimum Gasteiger partial charge on any atom is -0.481 e. The zero-order valence-corrected chi connectivity index (χ0v) is 14.5. The van der Waals surface area contributed by atoms with Crippen LogP contribution in [-0.4, -0.2) is 41.1 Å². The van der Waals surface area contributed by atoms with Crippen molar-refractivity contribution in [2.24, 2.45) is 17.3 Å². The van der Waals surface area contributed by atoms with Gasteiger partial charge in [-0.15, -0.1) is 0 Å². The molecule has 0 radical (unpaired) electrons. The maximum Gasteiger partial charge on any atom is 0.317 e. The Morgan fingerprint density at radius 1 is 1.24 bits per heavy atom. The highest BCUT2D eigenvalue weighted by molar-refractivity contribution is 5.80. The van der Waals surface area contributed by atoms with Crippen molar-refractivity contribution in [1.82, 2.24) is 10.2 Å². The van der Waals surface area contributed by atoms with Gasteiger partial charge in [-0.1, -0.05) is 36.8 Å². The van der Waals surface area contributed by atoms with Crippen LogP contribution in [0.1, 0.15) is 37.7 Å². The van der Waals surface area contributed by atoms with Crippen molar-refractivity contribution in [2.75, 3.05) is 13.1 Å². The maximum absolute atomic E-state index is 12.8. The molecule has 0 bridgehead atoms. The van der Waals surface area contributed by atoms with Gasteiger partial charge in [-0.3, -0.25) is 4.79 Å². The highest BCUT2D eigenvalue weighted by Crippen LogP contribution is 2.49. The molecule has 1 aromatic carbocycles. The SMILES string of the molecule is O=C(NC(Cc1ccccc1)C1CC1)N1C[C@@H]2CCC[C@@]2(C(=O)O)C1. The number of benzene rings is 1. The lowest BCUT2D eigenvalue weighted by Gasteiger charge is -2.25. The van der Waals surface area contributed by atoms with Gasteiger partial charge in [0.05, 0.1) is 5.41 Å². The quantitative estimate of drug-likeness (QED) is 0.864. The molecule has 2 amide bonds. The van der Waals surface area contributed by atoms with Gasteiger partial charge in [0.15, 0.2) is 0 Å². The van der Waals surface area contributed by atoms with Gasteiger partial charge in [0.25, 0.3) is 0 Å². The van der Waals surface area contributed by atoms with Gasteiger partial charge >= 0.3 is 12.0 Å². The highest BCUT2D eigenvalue weighted by Gasteiger charge is 2.56. The summed E-state index contributed by atoms with van der Waals surface area (Å²) in [5.74, 6) is -0.0581. The summed E-state index contributed by atoms with van der Waals surface area (Å²) in [6, 6.07) is 10.3. The number of aliphatic carboxylic acids is 1. The van der Waals surface area contributed by atoms with Crippen molar-refractivity contribution in [3.63, 3.8) is 0 Å². The molecule has 0 spiro atoms. The second kappa shape index (κ2) is 6.36. The molecular weight excluding hydrogens is 316 g/mol. The molecule has 2 saturated carbocycles. The van der Waals surface area contributed by atoms with E-state index in [-0.39, 0.29) is 18.0 Å². The van der Waals surface area contributed by atoms with Crippen LogP contribution < -0.4 is 5.32 Å². The van der Waals surface area contributed by atoms with E-state index in [2.05, 4.69) is 17.4 Å². The lowest BCUT2D eigenvalue weighted by atomic mass is 9.81. The summed E-state index contributed by atoms with van der Waals surface area (Å²) >= 11 is 0. The number of nitrogens with zero attached hydrogens (tertiary/aromatic N) is 1. The zero-order valence-electron chi connectivity index (χ0n) is 14.5. The molecule has 25 heavy (non-hydrogen) atoms. The van der Waals surface area contributed by atoms with Crippen LogP contribution in [0.4, 0.5) is 4.79 Å². The van der Waals surface area contributed by atoms with Crippen molar-refractivity contribution in [2.45, 2.75) is 44.6 Å². The first-order valence-corrected chi connectivity index (χ1v) is 9.41. The van der Waals surface area contributed by atoms with Crippen LogP contribution in [0, 0.1) is 17.3 Å². The number of hydrogen-bond donors (Lipinski definition) is 2. The Balaban J connectivity index is 1.41. The van der Waals surface area contributed by atoms with E-state index < -0.39 is 11.4 Å². The van der Waals surface area contributed by atoms with E-state index in [0.717, 1.165) is 19.3 Å². The Bertz CT molecular complexity index is 658. The molecule has 1 aliphatic heterocycles. The Kier molecular flexibility index (Phi) is 4.18. The second-order valence-corrected chi connectivity index (χ2v) is 8.01. The Hall–Kier alpha value is -2.04. The number of rotatable bonds is 5. The van der Waals surface area contributed by atoms with Gasteiger partial charge in [-0.05, 0) is 49.5 Å². The summed E-state index contributed by atoms with van der Waals surface area (Å²) in [6.45, 7) is 0.947. The third kappa shape index (κ3) is 3.12. The van der Waals surface area contributed by atoms with Crippen LogP contribution in [0.3, 0.4) is 0 Å². The fraction of sp³-hybridized carbons (Fsp3) is 0.600.